The van der Waals surface area contributed by atoms with Gasteiger partial charge in [-0.15, -0.1) is 0 Å². The summed E-state index contributed by atoms with van der Waals surface area (Å²) in [4.78, 5) is 2.72. The fraction of sp³-hybridized carbons (Fsp3) is 1.00. The zero-order chi connectivity index (χ0) is 10.0. The van der Waals surface area contributed by atoms with Gasteiger partial charge in [0, 0.05) is 6.54 Å². The molecule has 0 aromatic heterocycles. The second-order valence-corrected chi connectivity index (χ2v) is 5.93. The van der Waals surface area contributed by atoms with Crippen molar-refractivity contribution in [1.82, 2.24) is 4.90 Å². The van der Waals surface area contributed by atoms with Gasteiger partial charge in [-0.05, 0) is 56.5 Å². The molecule has 2 aliphatic rings. The molecule has 14 heavy (non-hydrogen) atoms. The van der Waals surface area contributed by atoms with Gasteiger partial charge in [0.1, 0.15) is 0 Å². The fourth-order valence-electron chi connectivity index (χ4n) is 3.06. The van der Waals surface area contributed by atoms with Crippen LogP contribution in [0.15, 0.2) is 0 Å². The van der Waals surface area contributed by atoms with Gasteiger partial charge in [-0.25, -0.2) is 0 Å². The van der Waals surface area contributed by atoms with Gasteiger partial charge in [-0.1, -0.05) is 20.3 Å². The second-order valence-electron chi connectivity index (χ2n) is 5.93. The highest BCUT2D eigenvalue weighted by Crippen LogP contribution is 2.51. The largest absolute Gasteiger partial charge is 0.303 e. The van der Waals surface area contributed by atoms with E-state index in [1.54, 1.807) is 0 Å². The summed E-state index contributed by atoms with van der Waals surface area (Å²) in [5.74, 6) is 0.891. The molecule has 1 nitrogen and oxygen atoms in total. The predicted octanol–water partition coefficient (Wildman–Crippen LogP) is 3.30. The van der Waals surface area contributed by atoms with Gasteiger partial charge < -0.3 is 4.90 Å². The highest BCUT2D eigenvalue weighted by molar-refractivity contribution is 4.96. The van der Waals surface area contributed by atoms with Crippen molar-refractivity contribution >= 4 is 0 Å². The lowest BCUT2D eigenvalue weighted by Gasteiger charge is -2.31. The minimum Gasteiger partial charge on any atom is -0.303 e. The van der Waals surface area contributed by atoms with Crippen molar-refractivity contribution < 1.29 is 0 Å². The fourth-order valence-corrected chi connectivity index (χ4v) is 3.06. The molecule has 1 saturated heterocycles. The molecule has 2 fully saturated rings. The molecule has 1 heterocycles. The third-order valence-electron chi connectivity index (χ3n) is 3.81. The summed E-state index contributed by atoms with van der Waals surface area (Å²) in [5.41, 5.74) is 0.755. The normalized spacial score (nSPS) is 26.8. The van der Waals surface area contributed by atoms with E-state index in [1.165, 1.54) is 58.2 Å². The topological polar surface area (TPSA) is 3.24 Å². The van der Waals surface area contributed by atoms with Crippen molar-refractivity contribution in [1.29, 1.82) is 0 Å². The van der Waals surface area contributed by atoms with Gasteiger partial charge in [0.2, 0.25) is 0 Å². The molecule has 2 rings (SSSR count). The first-order valence-electron chi connectivity index (χ1n) is 6.43. The number of rotatable bonds is 4. The average molecular weight is 195 g/mol. The van der Waals surface area contributed by atoms with E-state index in [9.17, 15) is 0 Å². The van der Waals surface area contributed by atoms with Crippen molar-refractivity contribution in [2.45, 2.75) is 52.4 Å². The van der Waals surface area contributed by atoms with Crippen LogP contribution in [-0.2, 0) is 0 Å². The zero-order valence-corrected chi connectivity index (χ0v) is 9.89. The summed E-state index contributed by atoms with van der Waals surface area (Å²) in [7, 11) is 0. The number of hydrogen-bond acceptors (Lipinski definition) is 1. The van der Waals surface area contributed by atoms with E-state index in [-0.39, 0.29) is 0 Å². The molecule has 0 atom stereocenters. The molecule has 1 heteroatoms. The third-order valence-corrected chi connectivity index (χ3v) is 3.81. The monoisotopic (exact) mass is 195 g/mol. The first-order chi connectivity index (χ1) is 6.70. The molecule has 0 spiro atoms. The van der Waals surface area contributed by atoms with Crippen LogP contribution in [0.25, 0.3) is 0 Å². The molecule has 0 bridgehead atoms. The molecule has 0 aromatic rings. The van der Waals surface area contributed by atoms with Gasteiger partial charge >= 0.3 is 0 Å². The molecule has 0 unspecified atom stereocenters. The second kappa shape index (κ2) is 4.22. The van der Waals surface area contributed by atoms with Crippen LogP contribution in [0.5, 0.6) is 0 Å². The van der Waals surface area contributed by atoms with Crippen molar-refractivity contribution in [3.8, 4) is 0 Å². The zero-order valence-electron chi connectivity index (χ0n) is 9.89. The van der Waals surface area contributed by atoms with Gasteiger partial charge in [0.25, 0.3) is 0 Å². The number of likely N-dealkylation sites (tertiary alicyclic amines) is 1. The molecular formula is C13H25N. The minimum atomic E-state index is 0.755. The van der Waals surface area contributed by atoms with Crippen molar-refractivity contribution in [2.24, 2.45) is 11.3 Å². The van der Waals surface area contributed by atoms with Crippen molar-refractivity contribution in [3.63, 3.8) is 0 Å². The van der Waals surface area contributed by atoms with Gasteiger partial charge in [-0.2, -0.15) is 0 Å². The summed E-state index contributed by atoms with van der Waals surface area (Å²) < 4.78 is 0. The quantitative estimate of drug-likeness (QED) is 0.665. The minimum absolute atomic E-state index is 0.755. The third kappa shape index (κ3) is 2.73. The Morgan fingerprint density at radius 1 is 1.07 bits per heavy atom. The Balaban J connectivity index is 1.77. The summed E-state index contributed by atoms with van der Waals surface area (Å²) in [6.07, 6.45) is 8.82. The molecule has 0 N–H and O–H groups in total. The smallest absolute Gasteiger partial charge is 0.00381 e. The molecule has 1 aliphatic carbocycles. The maximum Gasteiger partial charge on any atom is 0.00381 e. The van der Waals surface area contributed by atoms with Crippen LogP contribution in [0.2, 0.25) is 0 Å². The molecule has 82 valence electrons. The molecule has 0 aromatic carbocycles. The summed E-state index contributed by atoms with van der Waals surface area (Å²) in [6, 6.07) is 0. The number of nitrogens with zero attached hydrogens (tertiary/aromatic N) is 1. The SMILES string of the molecule is CC(C)CC1(CN2CCCCC2)CC1. The van der Waals surface area contributed by atoms with E-state index in [2.05, 4.69) is 18.7 Å². The van der Waals surface area contributed by atoms with Crippen LogP contribution >= 0.6 is 0 Å². The van der Waals surface area contributed by atoms with Crippen LogP contribution in [0.3, 0.4) is 0 Å². The average Bonchev–Trinajstić information content (AvgIpc) is 2.85. The number of hydrogen-bond donors (Lipinski definition) is 0. The molecule has 1 saturated carbocycles. The molecular weight excluding hydrogens is 170 g/mol. The Morgan fingerprint density at radius 3 is 2.21 bits per heavy atom. The van der Waals surface area contributed by atoms with E-state index in [0.29, 0.717) is 0 Å². The van der Waals surface area contributed by atoms with Crippen LogP contribution in [0.1, 0.15) is 52.4 Å². The number of piperidine rings is 1. The van der Waals surface area contributed by atoms with Gasteiger partial charge in [0.05, 0.1) is 0 Å². The lowest BCUT2D eigenvalue weighted by Crippen LogP contribution is -2.35. The maximum atomic E-state index is 2.72. The Morgan fingerprint density at radius 2 is 1.71 bits per heavy atom. The summed E-state index contributed by atoms with van der Waals surface area (Å²) in [5, 5.41) is 0. The first kappa shape index (κ1) is 10.5. The highest BCUT2D eigenvalue weighted by Gasteiger charge is 2.43. The van der Waals surface area contributed by atoms with E-state index in [4.69, 9.17) is 0 Å². The Kier molecular flexibility index (Phi) is 3.16. The standard InChI is InChI=1S/C13H25N/c1-12(2)10-13(6-7-13)11-14-8-4-3-5-9-14/h12H,3-11H2,1-2H3. The summed E-state index contributed by atoms with van der Waals surface area (Å²) >= 11 is 0. The van der Waals surface area contributed by atoms with E-state index in [0.717, 1.165) is 11.3 Å². The van der Waals surface area contributed by atoms with Crippen molar-refractivity contribution in [2.75, 3.05) is 19.6 Å². The molecule has 1 aliphatic heterocycles. The summed E-state index contributed by atoms with van der Waals surface area (Å²) in [6.45, 7) is 8.90. The van der Waals surface area contributed by atoms with Crippen LogP contribution < -0.4 is 0 Å². The van der Waals surface area contributed by atoms with Crippen molar-refractivity contribution in [3.05, 3.63) is 0 Å². The van der Waals surface area contributed by atoms with Crippen LogP contribution in [0, 0.1) is 11.3 Å². The van der Waals surface area contributed by atoms with E-state index in [1.807, 2.05) is 0 Å². The maximum absolute atomic E-state index is 2.72. The predicted molar refractivity (Wildman–Crippen MR) is 61.4 cm³/mol. The van der Waals surface area contributed by atoms with E-state index >= 15 is 0 Å². The Bertz CT molecular complexity index is 176. The van der Waals surface area contributed by atoms with Crippen LogP contribution in [0.4, 0.5) is 0 Å². The van der Waals surface area contributed by atoms with Gasteiger partial charge in [-0.3, -0.25) is 0 Å². The van der Waals surface area contributed by atoms with E-state index < -0.39 is 0 Å². The molecule has 0 radical (unpaired) electrons. The van der Waals surface area contributed by atoms with Gasteiger partial charge in [0.15, 0.2) is 0 Å². The lowest BCUT2D eigenvalue weighted by atomic mass is 9.93. The molecule has 0 amide bonds. The first-order valence-corrected chi connectivity index (χ1v) is 6.43. The highest BCUT2D eigenvalue weighted by atomic mass is 15.1. The Labute approximate surface area is 88.9 Å². The Hall–Kier alpha value is -0.0400. The van der Waals surface area contributed by atoms with Crippen LogP contribution in [-0.4, -0.2) is 24.5 Å². The lowest BCUT2D eigenvalue weighted by molar-refractivity contribution is 0.173.